The SMILES string of the molecule is COC(=O)c1cc(NC(=O)C2CCN(S(=O)(=O)c3ccc4ccccc4c3)CC2)cc(C(=O)OC)c1. The molecule has 4 rings (SSSR count). The Labute approximate surface area is 209 Å². The Bertz CT molecular complexity index is 1390. The molecule has 0 atom stereocenters. The summed E-state index contributed by atoms with van der Waals surface area (Å²) in [6.07, 6.45) is 0.665. The molecule has 1 fully saturated rings. The molecule has 3 aromatic carbocycles. The number of esters is 2. The molecule has 9 nitrogen and oxygen atoms in total. The summed E-state index contributed by atoms with van der Waals surface area (Å²) >= 11 is 0. The number of hydrogen-bond acceptors (Lipinski definition) is 7. The van der Waals surface area contributed by atoms with Crippen molar-refractivity contribution in [1.82, 2.24) is 4.31 Å². The van der Waals surface area contributed by atoms with Crippen molar-refractivity contribution in [3.05, 3.63) is 71.8 Å². The molecule has 10 heteroatoms. The molecule has 1 amide bonds. The van der Waals surface area contributed by atoms with Gasteiger partial charge in [0.1, 0.15) is 0 Å². The number of carbonyl (C=O) groups excluding carboxylic acids is 3. The van der Waals surface area contributed by atoms with Crippen molar-refractivity contribution in [2.24, 2.45) is 5.92 Å². The fraction of sp³-hybridized carbons (Fsp3) is 0.269. The number of nitrogens with one attached hydrogen (secondary N) is 1. The molecule has 1 heterocycles. The molecular formula is C26H26N2O7S. The number of hydrogen-bond donors (Lipinski definition) is 1. The van der Waals surface area contributed by atoms with Gasteiger partial charge < -0.3 is 14.8 Å². The van der Waals surface area contributed by atoms with Gasteiger partial charge in [0.05, 0.1) is 30.2 Å². The standard InChI is InChI=1S/C26H26N2O7S/c1-34-25(30)20-13-21(26(31)35-2)15-22(14-20)27-24(29)18-9-11-28(12-10-18)36(32,33)23-8-7-17-5-3-4-6-19(17)16-23/h3-8,13-16,18H,9-12H2,1-2H3,(H,27,29). The van der Waals surface area contributed by atoms with E-state index in [1.807, 2.05) is 24.3 Å². The molecule has 0 bridgehead atoms. The van der Waals surface area contributed by atoms with Gasteiger partial charge in [-0.25, -0.2) is 18.0 Å². The predicted octanol–water partition coefficient (Wildman–Crippen LogP) is 3.45. The number of anilines is 1. The van der Waals surface area contributed by atoms with Crippen LogP contribution in [0.3, 0.4) is 0 Å². The van der Waals surface area contributed by atoms with Gasteiger partial charge in [-0.3, -0.25) is 4.79 Å². The van der Waals surface area contributed by atoms with Crippen LogP contribution >= 0.6 is 0 Å². The minimum absolute atomic E-state index is 0.0898. The number of amides is 1. The van der Waals surface area contributed by atoms with Crippen LogP contribution in [0.25, 0.3) is 10.8 Å². The molecule has 1 N–H and O–H groups in total. The van der Waals surface area contributed by atoms with Crippen molar-refractivity contribution in [2.45, 2.75) is 17.7 Å². The summed E-state index contributed by atoms with van der Waals surface area (Å²) in [7, 11) is -1.27. The van der Waals surface area contributed by atoms with Gasteiger partial charge in [-0.2, -0.15) is 4.31 Å². The van der Waals surface area contributed by atoms with Crippen LogP contribution in [-0.4, -0.2) is 57.9 Å². The normalized spacial score (nSPS) is 14.8. The van der Waals surface area contributed by atoms with Crippen molar-refractivity contribution < 1.29 is 32.3 Å². The van der Waals surface area contributed by atoms with Crippen LogP contribution in [0.5, 0.6) is 0 Å². The van der Waals surface area contributed by atoms with E-state index in [1.54, 1.807) is 18.2 Å². The molecule has 0 aliphatic carbocycles. The van der Waals surface area contributed by atoms with Crippen LogP contribution in [0.15, 0.2) is 65.6 Å². The highest BCUT2D eigenvalue weighted by Crippen LogP contribution is 2.27. The van der Waals surface area contributed by atoms with Crippen molar-refractivity contribution in [2.75, 3.05) is 32.6 Å². The second kappa shape index (κ2) is 10.5. The summed E-state index contributed by atoms with van der Waals surface area (Å²) in [4.78, 5) is 37.1. The van der Waals surface area contributed by atoms with E-state index in [9.17, 15) is 22.8 Å². The predicted molar refractivity (Wildman–Crippen MR) is 133 cm³/mol. The Morgan fingerprint density at radius 1 is 0.833 bits per heavy atom. The second-order valence-corrected chi connectivity index (χ2v) is 10.4. The van der Waals surface area contributed by atoms with Gasteiger partial charge in [-0.1, -0.05) is 30.3 Å². The second-order valence-electron chi connectivity index (χ2n) is 8.46. The Morgan fingerprint density at radius 3 is 2.00 bits per heavy atom. The molecule has 1 aliphatic heterocycles. The van der Waals surface area contributed by atoms with Gasteiger partial charge in [-0.05, 0) is 53.9 Å². The van der Waals surface area contributed by atoms with E-state index in [2.05, 4.69) is 5.32 Å². The average molecular weight is 511 g/mol. The lowest BCUT2D eigenvalue weighted by Crippen LogP contribution is -2.41. The maximum Gasteiger partial charge on any atom is 0.337 e. The smallest absolute Gasteiger partial charge is 0.337 e. The van der Waals surface area contributed by atoms with Gasteiger partial charge in [-0.15, -0.1) is 0 Å². The first-order valence-corrected chi connectivity index (χ1v) is 12.8. The van der Waals surface area contributed by atoms with Crippen molar-refractivity contribution in [3.63, 3.8) is 0 Å². The zero-order valence-electron chi connectivity index (χ0n) is 19.9. The lowest BCUT2D eigenvalue weighted by Gasteiger charge is -2.30. The van der Waals surface area contributed by atoms with Crippen LogP contribution < -0.4 is 5.32 Å². The fourth-order valence-corrected chi connectivity index (χ4v) is 5.76. The number of methoxy groups -OCH3 is 2. The number of sulfonamides is 1. The summed E-state index contributed by atoms with van der Waals surface area (Å²) in [5.41, 5.74) is 0.425. The largest absolute Gasteiger partial charge is 0.465 e. The number of nitrogens with zero attached hydrogens (tertiary/aromatic N) is 1. The highest BCUT2D eigenvalue weighted by Gasteiger charge is 2.32. The van der Waals surface area contributed by atoms with Crippen molar-refractivity contribution in [3.8, 4) is 0 Å². The first kappa shape index (κ1) is 25.3. The lowest BCUT2D eigenvalue weighted by atomic mass is 9.97. The van der Waals surface area contributed by atoms with E-state index < -0.39 is 27.9 Å². The lowest BCUT2D eigenvalue weighted by molar-refractivity contribution is -0.120. The Hall–Kier alpha value is -3.76. The maximum atomic E-state index is 13.2. The Morgan fingerprint density at radius 2 is 1.42 bits per heavy atom. The first-order chi connectivity index (χ1) is 17.2. The fourth-order valence-electron chi connectivity index (χ4n) is 4.25. The van der Waals surface area contributed by atoms with Gasteiger partial charge in [0.15, 0.2) is 0 Å². The number of benzene rings is 3. The van der Waals surface area contributed by atoms with Crippen molar-refractivity contribution >= 4 is 44.3 Å². The summed E-state index contributed by atoms with van der Waals surface area (Å²) in [6.45, 7) is 0.395. The van der Waals surface area contributed by atoms with Gasteiger partial charge in [0.25, 0.3) is 0 Å². The van der Waals surface area contributed by atoms with Gasteiger partial charge in [0.2, 0.25) is 15.9 Å². The van der Waals surface area contributed by atoms with Gasteiger partial charge >= 0.3 is 11.9 Å². The van der Waals surface area contributed by atoms with E-state index in [0.29, 0.717) is 12.8 Å². The Balaban J connectivity index is 1.45. The number of carbonyl (C=O) groups is 3. The number of piperidine rings is 1. The zero-order valence-corrected chi connectivity index (χ0v) is 20.7. The van der Waals surface area contributed by atoms with Crippen LogP contribution in [0, 0.1) is 5.92 Å². The molecule has 3 aromatic rings. The van der Waals surface area contributed by atoms with E-state index in [4.69, 9.17) is 9.47 Å². The van der Waals surface area contributed by atoms with E-state index in [0.717, 1.165) is 10.8 Å². The molecule has 0 radical (unpaired) electrons. The van der Waals surface area contributed by atoms with E-state index in [-0.39, 0.29) is 40.7 Å². The minimum Gasteiger partial charge on any atom is -0.465 e. The monoisotopic (exact) mass is 510 g/mol. The molecule has 188 valence electrons. The van der Waals surface area contributed by atoms with E-state index in [1.165, 1.54) is 36.7 Å². The van der Waals surface area contributed by atoms with Crippen LogP contribution in [0.1, 0.15) is 33.6 Å². The molecule has 0 unspecified atom stereocenters. The van der Waals surface area contributed by atoms with Crippen LogP contribution in [-0.2, 0) is 24.3 Å². The topological polar surface area (TPSA) is 119 Å². The number of fused-ring (bicyclic) bond motifs is 1. The Kier molecular flexibility index (Phi) is 7.37. The highest BCUT2D eigenvalue weighted by atomic mass is 32.2. The first-order valence-electron chi connectivity index (χ1n) is 11.3. The summed E-state index contributed by atoms with van der Waals surface area (Å²) in [5, 5.41) is 4.53. The molecule has 0 saturated carbocycles. The summed E-state index contributed by atoms with van der Waals surface area (Å²) in [5.74, 6) is -2.08. The molecule has 36 heavy (non-hydrogen) atoms. The average Bonchev–Trinajstić information content (AvgIpc) is 2.91. The third-order valence-electron chi connectivity index (χ3n) is 6.23. The minimum atomic E-state index is -3.70. The molecule has 1 aliphatic rings. The summed E-state index contributed by atoms with van der Waals surface area (Å²) < 4.78 is 37.2. The maximum absolute atomic E-state index is 13.2. The van der Waals surface area contributed by atoms with Crippen molar-refractivity contribution in [1.29, 1.82) is 0 Å². The van der Waals surface area contributed by atoms with Gasteiger partial charge in [0, 0.05) is 24.7 Å². The number of ether oxygens (including phenoxy) is 2. The molecule has 0 spiro atoms. The molecular weight excluding hydrogens is 484 g/mol. The third-order valence-corrected chi connectivity index (χ3v) is 8.12. The van der Waals surface area contributed by atoms with Crippen LogP contribution in [0.4, 0.5) is 5.69 Å². The van der Waals surface area contributed by atoms with E-state index >= 15 is 0 Å². The third kappa shape index (κ3) is 5.24. The highest BCUT2D eigenvalue weighted by molar-refractivity contribution is 7.89. The van der Waals surface area contributed by atoms with Crippen LogP contribution in [0.2, 0.25) is 0 Å². The molecule has 0 aromatic heterocycles. The summed E-state index contributed by atoms with van der Waals surface area (Å²) in [6, 6.07) is 16.7. The number of rotatable bonds is 6. The zero-order chi connectivity index (χ0) is 25.9. The molecule has 1 saturated heterocycles. The quantitative estimate of drug-likeness (QED) is 0.505.